The highest BCUT2D eigenvalue weighted by atomic mass is 79.9. The van der Waals surface area contributed by atoms with Crippen LogP contribution in [-0.4, -0.2) is 0 Å². The highest BCUT2D eigenvalue weighted by Gasteiger charge is 2.08. The van der Waals surface area contributed by atoms with E-state index in [1.54, 1.807) is 18.2 Å². The van der Waals surface area contributed by atoms with Crippen LogP contribution in [0, 0.1) is 5.82 Å². The van der Waals surface area contributed by atoms with Crippen LogP contribution in [0.15, 0.2) is 40.9 Å². The number of rotatable bonds is 3. The Bertz CT molecular complexity index is 575. The first-order valence-electron chi connectivity index (χ1n) is 5.07. The van der Waals surface area contributed by atoms with Gasteiger partial charge in [-0.1, -0.05) is 43.5 Å². The van der Waals surface area contributed by atoms with Gasteiger partial charge in [-0.3, -0.25) is 0 Å². The summed E-state index contributed by atoms with van der Waals surface area (Å²) in [6.45, 7) is 0. The first kappa shape index (κ1) is 13.8. The van der Waals surface area contributed by atoms with E-state index < -0.39 is 0 Å². The number of benzene rings is 2. The van der Waals surface area contributed by atoms with Crippen molar-refractivity contribution in [1.82, 2.24) is 0 Å². The summed E-state index contributed by atoms with van der Waals surface area (Å²) >= 11 is 12.7. The number of hydrogen-bond acceptors (Lipinski definition) is 1. The average Bonchev–Trinajstić information content (AvgIpc) is 2.36. The summed E-state index contributed by atoms with van der Waals surface area (Å²) in [4.78, 5) is 0. The maximum atomic E-state index is 13.1. The topological polar surface area (TPSA) is 9.23 Å². The molecule has 0 atom stereocenters. The molecule has 0 N–H and O–H groups in total. The monoisotopic (exact) mass is 392 g/mol. The Labute approximate surface area is 126 Å². The van der Waals surface area contributed by atoms with Gasteiger partial charge in [0.2, 0.25) is 0 Å². The van der Waals surface area contributed by atoms with Gasteiger partial charge in [0.05, 0.1) is 5.02 Å². The van der Waals surface area contributed by atoms with Gasteiger partial charge in [-0.15, -0.1) is 0 Å². The van der Waals surface area contributed by atoms with Gasteiger partial charge in [0.25, 0.3) is 0 Å². The van der Waals surface area contributed by atoms with Crippen molar-refractivity contribution < 1.29 is 9.13 Å². The van der Waals surface area contributed by atoms with E-state index in [0.29, 0.717) is 21.9 Å². The SMILES string of the molecule is Fc1ccc(Oc2cc(Br)ccc2Cl)c(CBr)c1. The molecule has 0 saturated heterocycles. The van der Waals surface area contributed by atoms with Gasteiger partial charge in [0, 0.05) is 15.4 Å². The molecule has 0 unspecified atom stereocenters. The van der Waals surface area contributed by atoms with Crippen LogP contribution in [-0.2, 0) is 5.33 Å². The molecule has 2 aromatic rings. The maximum absolute atomic E-state index is 13.1. The Morgan fingerprint density at radius 1 is 1.11 bits per heavy atom. The van der Waals surface area contributed by atoms with Crippen LogP contribution < -0.4 is 4.74 Å². The van der Waals surface area contributed by atoms with Crippen molar-refractivity contribution in [2.75, 3.05) is 0 Å². The molecule has 2 rings (SSSR count). The molecule has 1 nitrogen and oxygen atoms in total. The lowest BCUT2D eigenvalue weighted by atomic mass is 10.2. The number of alkyl halides is 1. The van der Waals surface area contributed by atoms with Crippen LogP contribution in [0.5, 0.6) is 11.5 Å². The van der Waals surface area contributed by atoms with E-state index in [9.17, 15) is 4.39 Å². The molecule has 0 spiro atoms. The van der Waals surface area contributed by atoms with E-state index in [1.165, 1.54) is 12.1 Å². The van der Waals surface area contributed by atoms with Gasteiger partial charge in [0.1, 0.15) is 17.3 Å². The molecule has 94 valence electrons. The normalized spacial score (nSPS) is 10.4. The molecule has 0 saturated carbocycles. The van der Waals surface area contributed by atoms with Gasteiger partial charge in [0.15, 0.2) is 0 Å². The van der Waals surface area contributed by atoms with Crippen LogP contribution in [0.2, 0.25) is 5.02 Å². The molecule has 0 radical (unpaired) electrons. The minimum absolute atomic E-state index is 0.294. The molecule has 5 heteroatoms. The molecule has 0 aliphatic rings. The Kier molecular flexibility index (Phi) is 4.65. The summed E-state index contributed by atoms with van der Waals surface area (Å²) in [7, 11) is 0. The molecule has 0 amide bonds. The van der Waals surface area contributed by atoms with Crippen molar-refractivity contribution in [3.63, 3.8) is 0 Å². The molecule has 0 aliphatic carbocycles. The van der Waals surface area contributed by atoms with Gasteiger partial charge in [-0.2, -0.15) is 0 Å². The van der Waals surface area contributed by atoms with Gasteiger partial charge >= 0.3 is 0 Å². The fraction of sp³-hybridized carbons (Fsp3) is 0.0769. The molecule has 0 bridgehead atoms. The van der Waals surface area contributed by atoms with E-state index in [1.807, 2.05) is 6.07 Å². The lowest BCUT2D eigenvalue weighted by molar-refractivity contribution is 0.476. The van der Waals surface area contributed by atoms with Crippen molar-refractivity contribution in [1.29, 1.82) is 0 Å². The molecule has 0 fully saturated rings. The highest BCUT2D eigenvalue weighted by molar-refractivity contribution is 9.10. The lowest BCUT2D eigenvalue weighted by Gasteiger charge is -2.11. The molecular weight excluding hydrogens is 386 g/mol. The third kappa shape index (κ3) is 3.25. The van der Waals surface area contributed by atoms with Gasteiger partial charge < -0.3 is 4.74 Å². The van der Waals surface area contributed by atoms with Gasteiger partial charge in [-0.05, 0) is 36.4 Å². The Morgan fingerprint density at radius 2 is 1.89 bits per heavy atom. The average molecular weight is 394 g/mol. The fourth-order valence-corrected chi connectivity index (χ4v) is 2.36. The van der Waals surface area contributed by atoms with Crippen molar-refractivity contribution in [2.45, 2.75) is 5.33 Å². The van der Waals surface area contributed by atoms with Crippen molar-refractivity contribution in [2.24, 2.45) is 0 Å². The zero-order chi connectivity index (χ0) is 13.1. The molecule has 0 aliphatic heterocycles. The molecule has 18 heavy (non-hydrogen) atoms. The standard InChI is InChI=1S/C13H8Br2ClFO/c14-7-8-5-10(17)2-4-12(8)18-13-6-9(15)1-3-11(13)16/h1-6H,7H2. The Hall–Kier alpha value is -0.580. The Balaban J connectivity index is 2.36. The van der Waals surface area contributed by atoms with Crippen LogP contribution in [0.4, 0.5) is 4.39 Å². The smallest absolute Gasteiger partial charge is 0.147 e. The second kappa shape index (κ2) is 6.04. The molecule has 0 aromatic heterocycles. The zero-order valence-electron chi connectivity index (χ0n) is 9.09. The minimum Gasteiger partial charge on any atom is -0.455 e. The summed E-state index contributed by atoms with van der Waals surface area (Å²) in [5.74, 6) is 0.810. The predicted octanol–water partition coefficient (Wildman–Crippen LogP) is 5.93. The summed E-state index contributed by atoms with van der Waals surface area (Å²) in [5, 5.41) is 1.01. The summed E-state index contributed by atoms with van der Waals surface area (Å²) in [6.07, 6.45) is 0. The van der Waals surface area contributed by atoms with Crippen molar-refractivity contribution in [3.8, 4) is 11.5 Å². The first-order chi connectivity index (χ1) is 8.60. The largest absolute Gasteiger partial charge is 0.455 e. The molecule has 2 aromatic carbocycles. The quantitative estimate of drug-likeness (QED) is 0.587. The number of hydrogen-bond donors (Lipinski definition) is 0. The van der Waals surface area contributed by atoms with E-state index in [4.69, 9.17) is 16.3 Å². The summed E-state index contributed by atoms with van der Waals surface area (Å²) in [6, 6.07) is 9.69. The minimum atomic E-state index is -0.294. The van der Waals surface area contributed by atoms with E-state index in [0.717, 1.165) is 10.0 Å². The number of ether oxygens (including phenoxy) is 1. The van der Waals surface area contributed by atoms with Crippen molar-refractivity contribution >= 4 is 43.5 Å². The second-order valence-electron chi connectivity index (χ2n) is 3.56. The molecular formula is C13H8Br2ClFO. The molecule has 0 heterocycles. The van der Waals surface area contributed by atoms with E-state index in [-0.39, 0.29) is 5.82 Å². The fourth-order valence-electron chi connectivity index (χ4n) is 1.43. The van der Waals surface area contributed by atoms with Crippen LogP contribution in [0.3, 0.4) is 0 Å². The second-order valence-corrected chi connectivity index (χ2v) is 5.45. The summed E-state index contributed by atoms with van der Waals surface area (Å²) in [5.41, 5.74) is 0.728. The van der Waals surface area contributed by atoms with Crippen molar-refractivity contribution in [3.05, 3.63) is 57.3 Å². The van der Waals surface area contributed by atoms with E-state index >= 15 is 0 Å². The Morgan fingerprint density at radius 3 is 2.61 bits per heavy atom. The third-order valence-corrected chi connectivity index (χ3v) is 3.69. The highest BCUT2D eigenvalue weighted by Crippen LogP contribution is 2.34. The van der Waals surface area contributed by atoms with E-state index in [2.05, 4.69) is 31.9 Å². The lowest BCUT2D eigenvalue weighted by Crippen LogP contribution is -1.91. The zero-order valence-corrected chi connectivity index (χ0v) is 13.0. The summed E-state index contributed by atoms with van der Waals surface area (Å²) < 4.78 is 19.7. The first-order valence-corrected chi connectivity index (χ1v) is 7.36. The third-order valence-electron chi connectivity index (χ3n) is 2.28. The number of halogens is 4. The predicted molar refractivity (Wildman–Crippen MR) is 78.3 cm³/mol. The van der Waals surface area contributed by atoms with Crippen LogP contribution >= 0.6 is 43.5 Å². The van der Waals surface area contributed by atoms with Gasteiger partial charge in [-0.25, -0.2) is 4.39 Å². The van der Waals surface area contributed by atoms with Crippen LogP contribution in [0.1, 0.15) is 5.56 Å². The maximum Gasteiger partial charge on any atom is 0.147 e. The van der Waals surface area contributed by atoms with Crippen LogP contribution in [0.25, 0.3) is 0 Å².